The number of morpholine rings is 1. The van der Waals surface area contributed by atoms with E-state index in [1.807, 2.05) is 23.6 Å². The molecule has 1 aliphatic heterocycles. The third-order valence-electron chi connectivity index (χ3n) is 5.18. The van der Waals surface area contributed by atoms with Gasteiger partial charge in [-0.1, -0.05) is 24.3 Å². The molecule has 0 unspecified atom stereocenters. The van der Waals surface area contributed by atoms with Gasteiger partial charge >= 0.3 is 0 Å². The van der Waals surface area contributed by atoms with Crippen molar-refractivity contribution in [3.05, 3.63) is 81.8 Å². The van der Waals surface area contributed by atoms with E-state index in [9.17, 15) is 4.79 Å². The Hall–Kier alpha value is -2.74. The van der Waals surface area contributed by atoms with Crippen LogP contribution in [0.2, 0.25) is 0 Å². The Kier molecular flexibility index (Phi) is 7.07. The van der Waals surface area contributed by atoms with Gasteiger partial charge in [-0.15, -0.1) is 11.3 Å². The Morgan fingerprint density at radius 2 is 1.87 bits per heavy atom. The minimum atomic E-state index is -0.0884. The summed E-state index contributed by atoms with van der Waals surface area (Å²) < 4.78 is 11.2. The van der Waals surface area contributed by atoms with Crippen LogP contribution >= 0.6 is 11.3 Å². The molecule has 0 aliphatic carbocycles. The molecule has 4 rings (SSSR count). The molecular weight excluding hydrogens is 398 g/mol. The molecule has 2 heterocycles. The van der Waals surface area contributed by atoms with Crippen molar-refractivity contribution in [3.8, 4) is 5.75 Å². The van der Waals surface area contributed by atoms with Crippen molar-refractivity contribution < 1.29 is 19.2 Å². The summed E-state index contributed by atoms with van der Waals surface area (Å²) in [7, 11) is 0. The smallest absolute Gasteiger partial charge is 0.251 e. The van der Waals surface area contributed by atoms with Gasteiger partial charge in [-0.05, 0) is 29.8 Å². The molecule has 30 heavy (non-hydrogen) atoms. The first-order valence-corrected chi connectivity index (χ1v) is 11.1. The van der Waals surface area contributed by atoms with E-state index >= 15 is 0 Å². The molecule has 1 aromatic heterocycles. The molecule has 156 valence electrons. The zero-order valence-electron chi connectivity index (χ0n) is 16.8. The molecular formula is C23H26N3O3S+. The first-order valence-electron chi connectivity index (χ1n) is 10.1. The highest BCUT2D eigenvalue weighted by Gasteiger charge is 2.16. The number of nitrogens with one attached hydrogen (secondary N) is 2. The van der Waals surface area contributed by atoms with Gasteiger partial charge in [-0.2, -0.15) is 0 Å². The monoisotopic (exact) mass is 424 g/mol. The number of benzene rings is 2. The number of carbonyl (C=O) groups is 1. The van der Waals surface area contributed by atoms with E-state index in [4.69, 9.17) is 9.47 Å². The third kappa shape index (κ3) is 5.66. The van der Waals surface area contributed by atoms with Crippen molar-refractivity contribution in [2.45, 2.75) is 19.7 Å². The van der Waals surface area contributed by atoms with E-state index in [1.54, 1.807) is 29.0 Å². The maximum atomic E-state index is 12.6. The highest BCUT2D eigenvalue weighted by molar-refractivity contribution is 7.07. The van der Waals surface area contributed by atoms with Gasteiger partial charge in [-0.25, -0.2) is 4.98 Å². The zero-order chi connectivity index (χ0) is 20.6. The standard InChI is InChI=1S/C23H25N3O3S/c27-23(18-5-7-22(8-6-18)29-15-21-16-30-17-25-21)24-13-19-3-1-2-4-20(19)14-26-9-11-28-12-10-26/h1-8,16-17H,9-15H2,(H,24,27)/p+1. The van der Waals surface area contributed by atoms with Crippen LogP contribution < -0.4 is 15.0 Å². The first-order chi connectivity index (χ1) is 14.8. The second-order valence-corrected chi connectivity index (χ2v) is 8.00. The minimum Gasteiger partial charge on any atom is -0.487 e. The van der Waals surface area contributed by atoms with Crippen LogP contribution in [0.25, 0.3) is 0 Å². The highest BCUT2D eigenvalue weighted by Crippen LogP contribution is 2.15. The van der Waals surface area contributed by atoms with Crippen LogP contribution in [0.4, 0.5) is 0 Å². The number of carbonyl (C=O) groups excluding carboxylic acids is 1. The summed E-state index contributed by atoms with van der Waals surface area (Å²) in [5.41, 5.74) is 5.74. The number of aromatic nitrogens is 1. The number of rotatable bonds is 8. The lowest BCUT2D eigenvalue weighted by Crippen LogP contribution is -3.12. The van der Waals surface area contributed by atoms with Gasteiger partial charge in [0.1, 0.15) is 32.0 Å². The van der Waals surface area contributed by atoms with Gasteiger partial charge in [0, 0.05) is 23.1 Å². The van der Waals surface area contributed by atoms with Gasteiger partial charge in [0.05, 0.1) is 24.4 Å². The number of thiazole rings is 1. The minimum absolute atomic E-state index is 0.0884. The lowest BCUT2D eigenvalue weighted by atomic mass is 10.1. The van der Waals surface area contributed by atoms with E-state index in [1.165, 1.54) is 10.5 Å². The first kappa shape index (κ1) is 20.5. The third-order valence-corrected chi connectivity index (χ3v) is 5.82. The molecule has 1 amide bonds. The van der Waals surface area contributed by atoms with Gasteiger partial charge in [0.15, 0.2) is 0 Å². The molecule has 0 atom stereocenters. The predicted molar refractivity (Wildman–Crippen MR) is 116 cm³/mol. The fourth-order valence-electron chi connectivity index (χ4n) is 3.45. The van der Waals surface area contributed by atoms with Crippen molar-refractivity contribution in [2.75, 3.05) is 26.3 Å². The predicted octanol–water partition coefficient (Wildman–Crippen LogP) is 2.07. The van der Waals surface area contributed by atoms with Crippen molar-refractivity contribution >= 4 is 17.2 Å². The second-order valence-electron chi connectivity index (χ2n) is 7.28. The number of nitrogens with zero attached hydrogens (tertiary/aromatic N) is 1. The van der Waals surface area contributed by atoms with E-state index in [0.717, 1.165) is 49.9 Å². The van der Waals surface area contributed by atoms with Gasteiger partial charge in [0.2, 0.25) is 0 Å². The molecule has 1 aliphatic rings. The fraction of sp³-hybridized carbons (Fsp3) is 0.304. The van der Waals surface area contributed by atoms with Crippen molar-refractivity contribution in [2.24, 2.45) is 0 Å². The van der Waals surface area contributed by atoms with Crippen LogP contribution in [0, 0.1) is 0 Å². The van der Waals surface area contributed by atoms with Crippen molar-refractivity contribution in [3.63, 3.8) is 0 Å². The van der Waals surface area contributed by atoms with Crippen LogP contribution in [0.5, 0.6) is 5.75 Å². The molecule has 0 bridgehead atoms. The summed E-state index contributed by atoms with van der Waals surface area (Å²) in [6.07, 6.45) is 0. The lowest BCUT2D eigenvalue weighted by molar-refractivity contribution is -0.921. The quantitative estimate of drug-likeness (QED) is 0.581. The summed E-state index contributed by atoms with van der Waals surface area (Å²) in [5.74, 6) is 0.632. The Balaban J connectivity index is 1.31. The Bertz CT molecular complexity index is 939. The molecule has 0 saturated carbocycles. The average molecular weight is 425 g/mol. The summed E-state index contributed by atoms with van der Waals surface area (Å²) in [5, 5.41) is 5.00. The summed E-state index contributed by atoms with van der Waals surface area (Å²) in [4.78, 5) is 18.3. The van der Waals surface area contributed by atoms with E-state index < -0.39 is 0 Å². The topological polar surface area (TPSA) is 64.9 Å². The molecule has 6 nitrogen and oxygen atoms in total. The highest BCUT2D eigenvalue weighted by atomic mass is 32.1. The molecule has 2 N–H and O–H groups in total. The summed E-state index contributed by atoms with van der Waals surface area (Å²) in [6, 6.07) is 15.5. The SMILES string of the molecule is O=C(NCc1ccccc1C[NH+]1CCOCC1)c1ccc(OCc2cscn2)cc1. The van der Waals surface area contributed by atoms with E-state index in [2.05, 4.69) is 28.5 Å². The second kappa shape index (κ2) is 10.3. The van der Waals surface area contributed by atoms with Gasteiger partial charge in [0.25, 0.3) is 5.91 Å². The van der Waals surface area contributed by atoms with E-state index in [-0.39, 0.29) is 5.91 Å². The number of quaternary nitrogens is 1. The summed E-state index contributed by atoms with van der Waals surface area (Å²) >= 11 is 1.54. The zero-order valence-corrected chi connectivity index (χ0v) is 17.6. The maximum Gasteiger partial charge on any atom is 0.251 e. The van der Waals surface area contributed by atoms with Gasteiger partial charge in [-0.3, -0.25) is 4.79 Å². The van der Waals surface area contributed by atoms with E-state index in [0.29, 0.717) is 18.7 Å². The van der Waals surface area contributed by atoms with Crippen molar-refractivity contribution in [1.82, 2.24) is 10.3 Å². The Morgan fingerprint density at radius 1 is 1.10 bits per heavy atom. The lowest BCUT2D eigenvalue weighted by Gasteiger charge is -2.24. The van der Waals surface area contributed by atoms with Crippen LogP contribution in [0.15, 0.2) is 59.4 Å². The maximum absolute atomic E-state index is 12.6. The van der Waals surface area contributed by atoms with Crippen LogP contribution in [0.1, 0.15) is 27.2 Å². The molecule has 7 heteroatoms. The fourth-order valence-corrected chi connectivity index (χ4v) is 4.00. The normalized spacial score (nSPS) is 14.4. The summed E-state index contributed by atoms with van der Waals surface area (Å²) in [6.45, 7) is 5.59. The van der Waals surface area contributed by atoms with Gasteiger partial charge < -0.3 is 19.7 Å². The number of ether oxygens (including phenoxy) is 2. The Morgan fingerprint density at radius 3 is 2.60 bits per heavy atom. The average Bonchev–Trinajstić information content (AvgIpc) is 3.32. The van der Waals surface area contributed by atoms with Crippen LogP contribution in [0.3, 0.4) is 0 Å². The van der Waals surface area contributed by atoms with Crippen LogP contribution in [-0.4, -0.2) is 37.2 Å². The molecule has 0 radical (unpaired) electrons. The van der Waals surface area contributed by atoms with Crippen molar-refractivity contribution in [1.29, 1.82) is 0 Å². The molecule has 1 saturated heterocycles. The number of hydrogen-bond acceptors (Lipinski definition) is 5. The van der Waals surface area contributed by atoms with Crippen LogP contribution in [-0.2, 0) is 24.4 Å². The molecule has 3 aromatic rings. The number of amides is 1. The molecule has 2 aromatic carbocycles. The molecule has 1 fully saturated rings. The number of hydrogen-bond donors (Lipinski definition) is 2. The Labute approximate surface area is 180 Å². The largest absolute Gasteiger partial charge is 0.487 e. The molecule has 0 spiro atoms.